The normalized spacial score (nSPS) is 14.2. The number of phosphoric ester groups is 2. The molecule has 0 rings (SSSR count). The topological polar surface area (TPSA) is 237 Å². The number of aliphatic hydroxyl groups is 1. The molecule has 0 aromatic heterocycles. The lowest BCUT2D eigenvalue weighted by molar-refractivity contribution is -0.161. The third-order valence-electron chi connectivity index (χ3n) is 19.1. The molecular weight excluding hydrogens is 1290 g/mol. The fourth-order valence-corrected chi connectivity index (χ4v) is 13.9. The Balaban J connectivity index is 5.23. The van der Waals surface area contributed by atoms with Gasteiger partial charge in [-0.25, -0.2) is 9.13 Å². The molecule has 0 amide bonds. The van der Waals surface area contributed by atoms with Crippen molar-refractivity contribution in [3.8, 4) is 0 Å². The SMILES string of the molecule is CCCCCCCCCCCCCC(=O)OC[C@H](COP(=O)(O)OC[C@H](O)COP(=O)(O)OC[C@@H](COC(=O)CCCCCCCCCCCCCCCCC(C)CC)OC(=O)CCCCCCCCCCCCCCCCCCC(C)C)OC(=O)CCCCCCCCCCCCC. The lowest BCUT2D eigenvalue weighted by Gasteiger charge is -2.21. The van der Waals surface area contributed by atoms with Gasteiger partial charge in [-0.15, -0.1) is 0 Å². The van der Waals surface area contributed by atoms with Crippen LogP contribution in [-0.2, 0) is 65.4 Å². The van der Waals surface area contributed by atoms with E-state index in [9.17, 15) is 43.2 Å². The Kier molecular flexibility index (Phi) is 70.3. The predicted octanol–water partition coefficient (Wildman–Crippen LogP) is 23.9. The monoisotopic (exact) mass is 1450 g/mol. The van der Waals surface area contributed by atoms with Gasteiger partial charge in [-0.05, 0) is 37.5 Å². The number of carbonyl (C=O) groups excluding carboxylic acids is 4. The minimum absolute atomic E-state index is 0.107. The molecule has 588 valence electrons. The first-order valence-corrected chi connectivity index (χ1v) is 44.5. The van der Waals surface area contributed by atoms with Crippen LogP contribution in [-0.4, -0.2) is 96.7 Å². The molecule has 6 atom stereocenters. The number of hydrogen-bond donors (Lipinski definition) is 3. The van der Waals surface area contributed by atoms with Crippen molar-refractivity contribution in [2.75, 3.05) is 39.6 Å². The molecule has 0 aromatic rings. The summed E-state index contributed by atoms with van der Waals surface area (Å²) >= 11 is 0. The minimum atomic E-state index is -4.96. The second-order valence-electron chi connectivity index (χ2n) is 29.5. The standard InChI is InChI=1S/C80H156O17P2/c1-7-10-12-14-16-18-30-38-44-50-56-62-77(82)90-68-75(96-79(84)64-58-52-46-40-31-19-17-15-13-11-8-2)70-94-98(86,87)92-66-74(81)67-93-99(88,89)95-71-76(69-91-78(83)63-57-51-45-39-34-28-25-24-27-33-37-43-49-55-61-73(6)9-3)97-80(85)65-59-53-47-41-35-29-23-21-20-22-26-32-36-42-48-54-60-72(4)5/h72-76,81H,7-71H2,1-6H3,(H,86,87)(H,88,89)/t73?,74-,75+,76+/m0/s1. The van der Waals surface area contributed by atoms with Crippen molar-refractivity contribution in [2.24, 2.45) is 11.8 Å². The van der Waals surface area contributed by atoms with Crippen LogP contribution in [0.4, 0.5) is 0 Å². The highest BCUT2D eigenvalue weighted by atomic mass is 31.2. The van der Waals surface area contributed by atoms with E-state index in [0.29, 0.717) is 25.7 Å². The lowest BCUT2D eigenvalue weighted by Crippen LogP contribution is -2.30. The summed E-state index contributed by atoms with van der Waals surface area (Å²) in [5, 5.41) is 10.6. The molecule has 17 nitrogen and oxygen atoms in total. The molecule has 0 radical (unpaired) electrons. The zero-order valence-corrected chi connectivity index (χ0v) is 66.6. The Hall–Kier alpha value is -1.94. The van der Waals surface area contributed by atoms with Crippen LogP contribution in [0.2, 0.25) is 0 Å². The van der Waals surface area contributed by atoms with E-state index in [2.05, 4.69) is 41.5 Å². The summed E-state index contributed by atoms with van der Waals surface area (Å²) in [7, 11) is -9.92. The third-order valence-corrected chi connectivity index (χ3v) is 21.0. The van der Waals surface area contributed by atoms with Crippen LogP contribution in [0, 0.1) is 11.8 Å². The van der Waals surface area contributed by atoms with Crippen molar-refractivity contribution in [1.29, 1.82) is 0 Å². The van der Waals surface area contributed by atoms with Crippen molar-refractivity contribution in [2.45, 2.75) is 439 Å². The van der Waals surface area contributed by atoms with Crippen molar-refractivity contribution in [3.05, 3.63) is 0 Å². The van der Waals surface area contributed by atoms with E-state index in [4.69, 9.17) is 37.0 Å². The maximum absolute atomic E-state index is 13.1. The number of aliphatic hydroxyl groups excluding tert-OH is 1. The van der Waals surface area contributed by atoms with Crippen molar-refractivity contribution < 1.29 is 80.2 Å². The summed E-state index contributed by atoms with van der Waals surface area (Å²) < 4.78 is 68.7. The molecule has 19 heteroatoms. The highest BCUT2D eigenvalue weighted by Crippen LogP contribution is 2.45. The van der Waals surface area contributed by atoms with E-state index in [1.807, 2.05) is 0 Å². The lowest BCUT2D eigenvalue weighted by atomic mass is 9.99. The van der Waals surface area contributed by atoms with Crippen LogP contribution in [0.25, 0.3) is 0 Å². The molecule has 0 heterocycles. The van der Waals surface area contributed by atoms with Crippen LogP contribution in [0.15, 0.2) is 0 Å². The Bertz CT molecular complexity index is 1910. The number of unbranched alkanes of at least 4 members (excludes halogenated alkanes) is 48. The fraction of sp³-hybridized carbons (Fsp3) is 0.950. The summed E-state index contributed by atoms with van der Waals surface area (Å²) in [6, 6.07) is 0. The molecule has 0 saturated heterocycles. The van der Waals surface area contributed by atoms with Crippen LogP contribution < -0.4 is 0 Å². The summed E-state index contributed by atoms with van der Waals surface area (Å²) in [5.74, 6) is -0.449. The van der Waals surface area contributed by atoms with Gasteiger partial charge in [0.1, 0.15) is 19.3 Å². The first kappa shape index (κ1) is 97.1. The van der Waals surface area contributed by atoms with Crippen LogP contribution >= 0.6 is 15.6 Å². The van der Waals surface area contributed by atoms with E-state index in [1.165, 1.54) is 238 Å². The summed E-state index contributed by atoms with van der Waals surface area (Å²) in [6.45, 7) is 9.71. The maximum atomic E-state index is 13.1. The van der Waals surface area contributed by atoms with Gasteiger partial charge >= 0.3 is 39.5 Å². The van der Waals surface area contributed by atoms with Gasteiger partial charge in [0.2, 0.25) is 0 Å². The molecule has 0 saturated carbocycles. The largest absolute Gasteiger partial charge is 0.472 e. The van der Waals surface area contributed by atoms with Gasteiger partial charge in [-0.3, -0.25) is 37.3 Å². The quantitative estimate of drug-likeness (QED) is 0.0222. The first-order chi connectivity index (χ1) is 47.9. The average molecular weight is 1450 g/mol. The number of ether oxygens (including phenoxy) is 4. The van der Waals surface area contributed by atoms with Crippen LogP contribution in [0.3, 0.4) is 0 Å². The van der Waals surface area contributed by atoms with Gasteiger partial charge in [0, 0.05) is 25.7 Å². The Morgan fingerprint density at radius 2 is 0.515 bits per heavy atom. The van der Waals surface area contributed by atoms with E-state index in [0.717, 1.165) is 102 Å². The van der Waals surface area contributed by atoms with E-state index in [-0.39, 0.29) is 25.7 Å². The number of phosphoric acid groups is 2. The van der Waals surface area contributed by atoms with Crippen LogP contribution in [0.5, 0.6) is 0 Å². The van der Waals surface area contributed by atoms with Gasteiger partial charge in [0.15, 0.2) is 12.2 Å². The van der Waals surface area contributed by atoms with Crippen molar-refractivity contribution in [3.63, 3.8) is 0 Å². The van der Waals surface area contributed by atoms with Crippen molar-refractivity contribution in [1.82, 2.24) is 0 Å². The molecule has 0 aliphatic rings. The molecule has 0 aliphatic heterocycles. The number of esters is 4. The van der Waals surface area contributed by atoms with Gasteiger partial charge < -0.3 is 33.8 Å². The zero-order chi connectivity index (χ0) is 72.8. The molecule has 0 spiro atoms. The van der Waals surface area contributed by atoms with Crippen molar-refractivity contribution >= 4 is 39.5 Å². The van der Waals surface area contributed by atoms with E-state index < -0.39 is 97.5 Å². The Morgan fingerprint density at radius 3 is 0.768 bits per heavy atom. The summed E-state index contributed by atoms with van der Waals surface area (Å²) in [6.07, 6.45) is 60.9. The highest BCUT2D eigenvalue weighted by Gasteiger charge is 2.30. The molecular formula is C80H156O17P2. The van der Waals surface area contributed by atoms with Gasteiger partial charge in [-0.2, -0.15) is 0 Å². The Labute approximate surface area is 607 Å². The third kappa shape index (κ3) is 72.8. The minimum Gasteiger partial charge on any atom is -0.462 e. The molecule has 3 N–H and O–H groups in total. The molecule has 0 bridgehead atoms. The number of carbonyl (C=O) groups is 4. The number of hydrogen-bond acceptors (Lipinski definition) is 15. The molecule has 0 fully saturated rings. The smallest absolute Gasteiger partial charge is 0.462 e. The van der Waals surface area contributed by atoms with Gasteiger partial charge in [0.05, 0.1) is 26.4 Å². The predicted molar refractivity (Wildman–Crippen MR) is 405 cm³/mol. The summed E-state index contributed by atoms with van der Waals surface area (Å²) in [4.78, 5) is 72.9. The molecule has 0 aliphatic carbocycles. The molecule has 3 unspecified atom stereocenters. The van der Waals surface area contributed by atoms with Gasteiger partial charge in [0.25, 0.3) is 0 Å². The van der Waals surface area contributed by atoms with Crippen LogP contribution in [0.1, 0.15) is 420 Å². The van der Waals surface area contributed by atoms with Gasteiger partial charge in [-0.1, -0.05) is 369 Å². The zero-order valence-electron chi connectivity index (χ0n) is 64.8. The first-order valence-electron chi connectivity index (χ1n) is 41.5. The maximum Gasteiger partial charge on any atom is 0.472 e. The number of rotatable bonds is 79. The second-order valence-corrected chi connectivity index (χ2v) is 32.4. The molecule has 99 heavy (non-hydrogen) atoms. The second kappa shape index (κ2) is 71.7. The fourth-order valence-electron chi connectivity index (χ4n) is 12.3. The summed E-state index contributed by atoms with van der Waals surface area (Å²) in [5.41, 5.74) is 0. The highest BCUT2D eigenvalue weighted by molar-refractivity contribution is 7.47. The van der Waals surface area contributed by atoms with E-state index in [1.54, 1.807) is 0 Å². The average Bonchev–Trinajstić information content (AvgIpc) is 1.16. The molecule has 0 aromatic carbocycles. The Morgan fingerprint density at radius 1 is 0.293 bits per heavy atom. The van der Waals surface area contributed by atoms with E-state index >= 15 is 0 Å².